The van der Waals surface area contributed by atoms with Crippen LogP contribution in [0, 0.1) is 6.92 Å². The van der Waals surface area contributed by atoms with Crippen LogP contribution < -0.4 is 5.32 Å². The zero-order chi connectivity index (χ0) is 10.8. The van der Waals surface area contributed by atoms with Crippen LogP contribution in [-0.2, 0) is 0 Å². The number of nitrogens with one attached hydrogen (secondary N) is 1. The lowest BCUT2D eigenvalue weighted by Gasteiger charge is -2.13. The molecule has 0 bridgehead atoms. The quantitative estimate of drug-likeness (QED) is 0.750. The number of rotatable bonds is 1. The van der Waals surface area contributed by atoms with Gasteiger partial charge in [-0.25, -0.2) is 0 Å². The first kappa shape index (κ1) is 10.5. The number of hydrogen-bond donors (Lipinski definition) is 1. The van der Waals surface area contributed by atoms with Gasteiger partial charge in [-0.2, -0.15) is 0 Å². The highest BCUT2D eigenvalue weighted by atomic mass is 35.5. The van der Waals surface area contributed by atoms with Gasteiger partial charge in [-0.05, 0) is 30.7 Å². The second-order valence-electron chi connectivity index (χ2n) is 3.33. The highest BCUT2D eigenvalue weighted by molar-refractivity contribution is 6.33. The summed E-state index contributed by atoms with van der Waals surface area (Å²) in [7, 11) is 0. The van der Waals surface area contributed by atoms with E-state index in [4.69, 9.17) is 23.2 Å². The van der Waals surface area contributed by atoms with E-state index < -0.39 is 0 Å². The minimum atomic E-state index is 0.511. The van der Waals surface area contributed by atoms with E-state index in [1.54, 1.807) is 0 Å². The van der Waals surface area contributed by atoms with Crippen molar-refractivity contribution in [2.24, 2.45) is 4.99 Å². The maximum absolute atomic E-state index is 5.95. The Morgan fingerprint density at radius 2 is 2.13 bits per heavy atom. The largest absolute Gasteiger partial charge is 0.357 e. The predicted octanol–water partition coefficient (Wildman–Crippen LogP) is 3.08. The van der Waals surface area contributed by atoms with Gasteiger partial charge in [-0.3, -0.25) is 4.99 Å². The fourth-order valence-corrected chi connectivity index (χ4v) is 1.79. The van der Waals surface area contributed by atoms with Gasteiger partial charge in [0, 0.05) is 10.6 Å². The minimum absolute atomic E-state index is 0.511. The molecule has 78 valence electrons. The molecule has 15 heavy (non-hydrogen) atoms. The van der Waals surface area contributed by atoms with E-state index in [0.29, 0.717) is 16.8 Å². The molecule has 0 atom stereocenters. The van der Waals surface area contributed by atoms with Crippen molar-refractivity contribution in [1.29, 1.82) is 0 Å². The van der Waals surface area contributed by atoms with Crippen molar-refractivity contribution in [3.63, 3.8) is 0 Å². The van der Waals surface area contributed by atoms with Crippen LogP contribution in [0.4, 0.5) is 0 Å². The van der Waals surface area contributed by atoms with Gasteiger partial charge in [0.1, 0.15) is 11.8 Å². The summed E-state index contributed by atoms with van der Waals surface area (Å²) in [6.45, 7) is 2.54. The number of benzene rings is 1. The van der Waals surface area contributed by atoms with Crippen molar-refractivity contribution >= 4 is 28.9 Å². The molecule has 1 N–H and O–H groups in total. The van der Waals surface area contributed by atoms with Crippen molar-refractivity contribution in [1.82, 2.24) is 5.32 Å². The summed E-state index contributed by atoms with van der Waals surface area (Å²) in [4.78, 5) is 4.34. The molecule has 4 heteroatoms. The lowest BCUT2D eigenvalue weighted by molar-refractivity contribution is 0.857. The Balaban J connectivity index is 2.45. The summed E-state index contributed by atoms with van der Waals surface area (Å²) in [5.41, 5.74) is 3.04. The van der Waals surface area contributed by atoms with Crippen molar-refractivity contribution < 1.29 is 0 Å². The Morgan fingerprint density at radius 3 is 2.87 bits per heavy atom. The van der Waals surface area contributed by atoms with Crippen molar-refractivity contribution in [3.05, 3.63) is 45.6 Å². The van der Waals surface area contributed by atoms with E-state index >= 15 is 0 Å². The second-order valence-corrected chi connectivity index (χ2v) is 4.17. The predicted molar refractivity (Wildman–Crippen MR) is 64.7 cm³/mol. The molecule has 2 rings (SSSR count). The normalized spacial score (nSPS) is 15.4. The third kappa shape index (κ3) is 2.33. The molecular formula is C11H10Cl2N2. The SMILES string of the molecule is Cc1ccc(Cl)cc1C1=NCNC(Cl)=C1. The van der Waals surface area contributed by atoms with Crippen LogP contribution >= 0.6 is 23.2 Å². The summed E-state index contributed by atoms with van der Waals surface area (Å²) in [6.07, 6.45) is 1.81. The van der Waals surface area contributed by atoms with Gasteiger partial charge in [0.25, 0.3) is 0 Å². The summed E-state index contributed by atoms with van der Waals surface area (Å²) in [6, 6.07) is 5.75. The molecular weight excluding hydrogens is 231 g/mol. The van der Waals surface area contributed by atoms with Crippen molar-refractivity contribution in [2.75, 3.05) is 6.67 Å². The molecule has 1 aliphatic rings. The van der Waals surface area contributed by atoms with Crippen LogP contribution in [0.2, 0.25) is 5.02 Å². The van der Waals surface area contributed by atoms with E-state index in [2.05, 4.69) is 10.3 Å². The van der Waals surface area contributed by atoms with Gasteiger partial charge in [0.2, 0.25) is 0 Å². The van der Waals surface area contributed by atoms with Crippen LogP contribution in [-0.4, -0.2) is 12.4 Å². The van der Waals surface area contributed by atoms with E-state index in [0.717, 1.165) is 16.8 Å². The van der Waals surface area contributed by atoms with E-state index in [1.165, 1.54) is 0 Å². The molecule has 1 aromatic carbocycles. The molecule has 0 aliphatic carbocycles. The highest BCUT2D eigenvalue weighted by Crippen LogP contribution is 2.18. The number of halogens is 2. The van der Waals surface area contributed by atoms with Gasteiger partial charge in [0.05, 0.1) is 5.71 Å². The summed E-state index contributed by atoms with van der Waals surface area (Å²) in [5.74, 6) is 0. The lowest BCUT2D eigenvalue weighted by atomic mass is 10.0. The number of nitrogens with zero attached hydrogens (tertiary/aromatic N) is 1. The molecule has 1 aromatic rings. The maximum Gasteiger partial charge on any atom is 0.109 e. The fourth-order valence-electron chi connectivity index (χ4n) is 1.45. The maximum atomic E-state index is 5.95. The molecule has 0 unspecified atom stereocenters. The number of aliphatic imine (C=N–C) groups is 1. The van der Waals surface area contributed by atoms with Gasteiger partial charge < -0.3 is 5.32 Å². The smallest absolute Gasteiger partial charge is 0.109 e. The molecule has 0 spiro atoms. The second kappa shape index (κ2) is 4.25. The van der Waals surface area contributed by atoms with Gasteiger partial charge in [0.15, 0.2) is 0 Å². The first-order chi connectivity index (χ1) is 7.16. The Morgan fingerprint density at radius 1 is 1.33 bits per heavy atom. The summed E-state index contributed by atoms with van der Waals surface area (Å²) < 4.78 is 0. The number of hydrogen-bond acceptors (Lipinski definition) is 2. The summed E-state index contributed by atoms with van der Waals surface area (Å²) in [5, 5.41) is 4.24. The molecule has 2 nitrogen and oxygen atoms in total. The molecule has 0 aromatic heterocycles. The Hall–Kier alpha value is -0.990. The van der Waals surface area contributed by atoms with Crippen molar-refractivity contribution in [2.45, 2.75) is 6.92 Å². The molecule has 0 saturated carbocycles. The Labute approximate surface area is 98.6 Å². The standard InChI is InChI=1S/C11H10Cl2N2/c1-7-2-3-8(12)4-9(7)10-5-11(13)15-6-14-10/h2-5,15H,6H2,1H3. The fraction of sp³-hybridized carbons (Fsp3) is 0.182. The first-order valence-corrected chi connectivity index (χ1v) is 5.34. The number of allylic oxidation sites excluding steroid dienone is 1. The summed E-state index contributed by atoms with van der Waals surface area (Å²) >= 11 is 11.8. The highest BCUT2D eigenvalue weighted by Gasteiger charge is 2.09. The minimum Gasteiger partial charge on any atom is -0.357 e. The molecule has 0 amide bonds. The van der Waals surface area contributed by atoms with Gasteiger partial charge in [-0.1, -0.05) is 29.3 Å². The zero-order valence-corrected chi connectivity index (χ0v) is 9.73. The molecule has 1 aliphatic heterocycles. The van der Waals surface area contributed by atoms with Crippen LogP contribution in [0.1, 0.15) is 11.1 Å². The number of aryl methyl sites for hydroxylation is 1. The molecule has 0 fully saturated rings. The molecule has 1 heterocycles. The van der Waals surface area contributed by atoms with Gasteiger partial charge in [-0.15, -0.1) is 0 Å². The topological polar surface area (TPSA) is 24.4 Å². The zero-order valence-electron chi connectivity index (χ0n) is 8.22. The van der Waals surface area contributed by atoms with E-state index in [1.807, 2.05) is 31.2 Å². The Kier molecular flexibility index (Phi) is 2.98. The average Bonchev–Trinajstić information content (AvgIpc) is 2.22. The van der Waals surface area contributed by atoms with Crippen LogP contribution in [0.5, 0.6) is 0 Å². The average molecular weight is 241 g/mol. The third-order valence-electron chi connectivity index (χ3n) is 2.24. The first-order valence-electron chi connectivity index (χ1n) is 4.59. The molecule has 0 radical (unpaired) electrons. The van der Waals surface area contributed by atoms with Gasteiger partial charge >= 0.3 is 0 Å². The third-order valence-corrected chi connectivity index (χ3v) is 2.71. The molecule has 0 saturated heterocycles. The Bertz CT molecular complexity index is 450. The van der Waals surface area contributed by atoms with Crippen LogP contribution in [0.25, 0.3) is 0 Å². The van der Waals surface area contributed by atoms with E-state index in [-0.39, 0.29) is 0 Å². The van der Waals surface area contributed by atoms with Crippen LogP contribution in [0.3, 0.4) is 0 Å². The van der Waals surface area contributed by atoms with Crippen LogP contribution in [0.15, 0.2) is 34.4 Å². The monoisotopic (exact) mass is 240 g/mol. The lowest BCUT2D eigenvalue weighted by Crippen LogP contribution is -2.18. The van der Waals surface area contributed by atoms with E-state index in [9.17, 15) is 0 Å². The van der Waals surface area contributed by atoms with Crippen molar-refractivity contribution in [3.8, 4) is 0 Å².